The van der Waals surface area contributed by atoms with Gasteiger partial charge in [-0.05, 0) is 60.9 Å². The molecular formula is C27H27Cl2N3O2. The third-order valence-electron chi connectivity index (χ3n) is 5.56. The Morgan fingerprint density at radius 2 is 1.82 bits per heavy atom. The van der Waals surface area contributed by atoms with E-state index in [1.165, 1.54) is 0 Å². The highest BCUT2D eigenvalue weighted by atomic mass is 35.5. The third-order valence-corrected chi connectivity index (χ3v) is 5.86. The summed E-state index contributed by atoms with van der Waals surface area (Å²) in [5.41, 5.74) is 11.7. The van der Waals surface area contributed by atoms with Crippen molar-refractivity contribution in [3.63, 3.8) is 0 Å². The molecule has 0 aliphatic carbocycles. The number of nitrogens with zero attached hydrogens (tertiary/aromatic N) is 1. The first kappa shape index (κ1) is 25.3. The largest absolute Gasteiger partial charge is 0.487 e. The Labute approximate surface area is 210 Å². The molecule has 0 spiro atoms. The number of fused-ring (bicyclic) bond motifs is 1. The molecule has 3 aromatic carbocycles. The number of nitrogen functional groups attached to an aromatic ring is 1. The Bertz CT molecular complexity index is 1320. The fourth-order valence-corrected chi connectivity index (χ4v) is 3.93. The molecule has 0 saturated carbocycles. The van der Waals surface area contributed by atoms with Gasteiger partial charge in [0.1, 0.15) is 12.4 Å². The van der Waals surface area contributed by atoms with Gasteiger partial charge < -0.3 is 15.8 Å². The summed E-state index contributed by atoms with van der Waals surface area (Å²) in [6, 6.07) is 20.5. The van der Waals surface area contributed by atoms with Gasteiger partial charge in [-0.25, -0.2) is 0 Å². The van der Waals surface area contributed by atoms with Crippen molar-refractivity contribution in [2.75, 3.05) is 11.1 Å². The van der Waals surface area contributed by atoms with E-state index in [1.54, 1.807) is 6.07 Å². The number of carbonyl (C=O) groups excluding carboxylic acids is 1. The minimum atomic E-state index is -0.224. The average molecular weight is 496 g/mol. The molecule has 176 valence electrons. The summed E-state index contributed by atoms with van der Waals surface area (Å²) in [5, 5.41) is 4.34. The second-order valence-electron chi connectivity index (χ2n) is 7.81. The van der Waals surface area contributed by atoms with Crippen LogP contribution in [0.25, 0.3) is 10.9 Å². The summed E-state index contributed by atoms with van der Waals surface area (Å²) < 4.78 is 5.92. The van der Waals surface area contributed by atoms with Crippen molar-refractivity contribution in [2.45, 2.75) is 33.3 Å². The molecule has 34 heavy (non-hydrogen) atoms. The van der Waals surface area contributed by atoms with Crippen LogP contribution in [0, 0.1) is 0 Å². The molecule has 3 N–H and O–H groups in total. The molecule has 0 unspecified atom stereocenters. The predicted molar refractivity (Wildman–Crippen MR) is 142 cm³/mol. The number of halogens is 2. The van der Waals surface area contributed by atoms with Crippen molar-refractivity contribution >= 4 is 52.2 Å². The first-order valence-electron chi connectivity index (χ1n) is 11.0. The van der Waals surface area contributed by atoms with Gasteiger partial charge in [0.25, 0.3) is 5.91 Å². The highest BCUT2D eigenvalue weighted by Crippen LogP contribution is 2.28. The zero-order valence-corrected chi connectivity index (χ0v) is 20.7. The molecule has 4 aromatic rings. The summed E-state index contributed by atoms with van der Waals surface area (Å²) in [6.07, 6.45) is 1.71. The highest BCUT2D eigenvalue weighted by Gasteiger charge is 2.13. The fraction of sp³-hybridized carbons (Fsp3) is 0.185. The molecule has 0 atom stereocenters. The number of carbonyl (C=O) groups is 1. The number of ether oxygens (including phenoxy) is 1. The lowest BCUT2D eigenvalue weighted by molar-refractivity contribution is 0.102. The number of aryl methyl sites for hydroxylation is 2. The minimum Gasteiger partial charge on any atom is -0.487 e. The molecule has 0 fully saturated rings. The zero-order valence-electron chi connectivity index (χ0n) is 19.1. The van der Waals surface area contributed by atoms with Gasteiger partial charge in [0, 0.05) is 33.6 Å². The number of nitrogens with two attached hydrogens (primary N) is 1. The first-order valence-corrected chi connectivity index (χ1v) is 11.4. The quantitative estimate of drug-likeness (QED) is 0.293. The van der Waals surface area contributed by atoms with Crippen LogP contribution in [0.3, 0.4) is 0 Å². The predicted octanol–water partition coefficient (Wildman–Crippen LogP) is 6.85. The van der Waals surface area contributed by atoms with Crippen molar-refractivity contribution in [1.29, 1.82) is 0 Å². The number of anilines is 2. The number of hydrogen-bond donors (Lipinski definition) is 2. The number of amides is 1. The third kappa shape index (κ3) is 5.61. The topological polar surface area (TPSA) is 77.2 Å². The molecule has 1 aromatic heterocycles. The second-order valence-corrected chi connectivity index (χ2v) is 8.21. The van der Waals surface area contributed by atoms with Crippen LogP contribution in [0.5, 0.6) is 5.75 Å². The molecular weight excluding hydrogens is 469 g/mol. The lowest BCUT2D eigenvalue weighted by atomic mass is 10.1. The number of nitrogens with one attached hydrogen (secondary N) is 1. The zero-order chi connectivity index (χ0) is 23.4. The second kappa shape index (κ2) is 11.2. The van der Waals surface area contributed by atoms with Crippen molar-refractivity contribution in [3.05, 3.63) is 94.1 Å². The van der Waals surface area contributed by atoms with Crippen LogP contribution in [-0.2, 0) is 19.4 Å². The molecule has 7 heteroatoms. The first-order chi connectivity index (χ1) is 16.0. The van der Waals surface area contributed by atoms with E-state index in [-0.39, 0.29) is 24.9 Å². The van der Waals surface area contributed by atoms with E-state index >= 15 is 0 Å². The maximum atomic E-state index is 13.1. The van der Waals surface area contributed by atoms with Crippen LogP contribution in [0.15, 0.2) is 66.7 Å². The number of rotatable bonds is 7. The average Bonchev–Trinajstić information content (AvgIpc) is 2.83. The maximum Gasteiger partial charge on any atom is 0.256 e. The van der Waals surface area contributed by atoms with E-state index < -0.39 is 0 Å². The molecule has 0 saturated heterocycles. The van der Waals surface area contributed by atoms with Crippen molar-refractivity contribution in [3.8, 4) is 5.75 Å². The van der Waals surface area contributed by atoms with Crippen LogP contribution in [-0.4, -0.2) is 10.9 Å². The minimum absolute atomic E-state index is 0. The van der Waals surface area contributed by atoms with Gasteiger partial charge in [0.05, 0.1) is 10.5 Å². The van der Waals surface area contributed by atoms with Crippen molar-refractivity contribution in [1.82, 2.24) is 4.98 Å². The van der Waals surface area contributed by atoms with Crippen LogP contribution in [0.4, 0.5) is 11.4 Å². The molecule has 4 rings (SSSR count). The smallest absolute Gasteiger partial charge is 0.256 e. The van der Waals surface area contributed by atoms with Gasteiger partial charge in [-0.3, -0.25) is 9.78 Å². The Kier molecular flexibility index (Phi) is 8.37. The van der Waals surface area contributed by atoms with Gasteiger partial charge in [-0.1, -0.05) is 49.7 Å². The fourth-order valence-electron chi connectivity index (χ4n) is 3.67. The molecule has 0 aliphatic rings. The maximum absolute atomic E-state index is 13.1. The highest BCUT2D eigenvalue weighted by molar-refractivity contribution is 6.32. The lowest BCUT2D eigenvalue weighted by Crippen LogP contribution is -2.15. The summed E-state index contributed by atoms with van der Waals surface area (Å²) in [4.78, 5) is 17.7. The molecule has 5 nitrogen and oxygen atoms in total. The normalized spacial score (nSPS) is 10.6. The number of benzene rings is 3. The Balaban J connectivity index is 0.00000324. The summed E-state index contributed by atoms with van der Waals surface area (Å²) in [5.74, 6) is 0.366. The van der Waals surface area contributed by atoms with Gasteiger partial charge in [-0.2, -0.15) is 0 Å². The Morgan fingerprint density at radius 1 is 1.03 bits per heavy atom. The van der Waals surface area contributed by atoms with Crippen molar-refractivity contribution in [2.24, 2.45) is 0 Å². The van der Waals surface area contributed by atoms with Gasteiger partial charge in [-0.15, -0.1) is 12.4 Å². The molecule has 0 radical (unpaired) electrons. The lowest BCUT2D eigenvalue weighted by Gasteiger charge is -2.13. The molecule has 0 aliphatic heterocycles. The van der Waals surface area contributed by atoms with Gasteiger partial charge in [0.15, 0.2) is 0 Å². The molecule has 1 amide bonds. The SMILES string of the molecule is CCc1ccc(OCc2ccccc2C(=O)Nc2ccc3nc(CC)cc(N)c3c2)c(Cl)c1.Cl. The number of pyridine rings is 1. The Morgan fingerprint density at radius 3 is 2.56 bits per heavy atom. The van der Waals surface area contributed by atoms with Crippen LogP contribution in [0.1, 0.15) is 41.0 Å². The van der Waals surface area contributed by atoms with Gasteiger partial charge >= 0.3 is 0 Å². The van der Waals surface area contributed by atoms with E-state index in [9.17, 15) is 4.79 Å². The van der Waals surface area contributed by atoms with E-state index in [0.29, 0.717) is 27.7 Å². The van der Waals surface area contributed by atoms with E-state index in [0.717, 1.165) is 40.6 Å². The van der Waals surface area contributed by atoms with E-state index in [1.807, 2.05) is 67.6 Å². The summed E-state index contributed by atoms with van der Waals surface area (Å²) >= 11 is 6.34. The number of hydrogen-bond acceptors (Lipinski definition) is 4. The van der Waals surface area contributed by atoms with E-state index in [4.69, 9.17) is 22.1 Å². The van der Waals surface area contributed by atoms with Crippen LogP contribution in [0.2, 0.25) is 5.02 Å². The van der Waals surface area contributed by atoms with Crippen LogP contribution < -0.4 is 15.8 Å². The number of aromatic nitrogens is 1. The molecule has 1 heterocycles. The van der Waals surface area contributed by atoms with E-state index in [2.05, 4.69) is 17.2 Å². The standard InChI is InChI=1S/C27H26ClN3O2.ClH/c1-3-17-9-12-26(23(28)13-17)33-16-18-7-5-6-8-21(18)27(32)31-20-10-11-25-22(14-20)24(29)15-19(4-2)30-25;/h5-15H,3-4,16H2,1-2H3,(H2,29,30)(H,31,32);1H. The van der Waals surface area contributed by atoms with Crippen LogP contribution >= 0.6 is 24.0 Å². The van der Waals surface area contributed by atoms with Crippen molar-refractivity contribution < 1.29 is 9.53 Å². The summed E-state index contributed by atoms with van der Waals surface area (Å²) in [7, 11) is 0. The van der Waals surface area contributed by atoms with Gasteiger partial charge in [0.2, 0.25) is 0 Å². The Hall–Kier alpha value is -3.28. The summed E-state index contributed by atoms with van der Waals surface area (Å²) in [6.45, 7) is 4.34. The molecule has 0 bridgehead atoms. The monoisotopic (exact) mass is 495 g/mol.